The number of hydrogen-bond donors (Lipinski definition) is 0. The van der Waals surface area contributed by atoms with E-state index >= 15 is 0 Å². The lowest BCUT2D eigenvalue weighted by atomic mass is 10.1. The highest BCUT2D eigenvalue weighted by Gasteiger charge is 2.36. The molecule has 0 atom stereocenters. The first-order chi connectivity index (χ1) is 15.3. The monoisotopic (exact) mass is 445 g/mol. The van der Waals surface area contributed by atoms with Gasteiger partial charge in [0.1, 0.15) is 29.7 Å². The molecular weight excluding hydrogens is 416 g/mol. The predicted octanol–water partition coefficient (Wildman–Crippen LogP) is 3.68. The summed E-state index contributed by atoms with van der Waals surface area (Å²) in [6.07, 6.45) is 2.93. The average Bonchev–Trinajstić information content (AvgIpc) is 3.11. The third kappa shape index (κ3) is 4.70. The van der Waals surface area contributed by atoms with E-state index in [0.717, 1.165) is 25.9 Å². The number of carbonyl (C=O) groups is 1. The van der Waals surface area contributed by atoms with Gasteiger partial charge in [0.15, 0.2) is 0 Å². The first kappa shape index (κ1) is 22.5. The summed E-state index contributed by atoms with van der Waals surface area (Å²) >= 11 is 0. The minimum absolute atomic E-state index is 0.00320. The smallest absolute Gasteiger partial charge is 0.270 e. The van der Waals surface area contributed by atoms with Gasteiger partial charge < -0.3 is 19.1 Å². The standard InChI is InChI=1S/C23H29F2N5O2/c1-16(2)28-8-3-18(4-9-28)32-19-13-17-14-20(30(12-7-26)21(17)27-15-19)22(31)29-10-5-23(24,25)6-11-29/h13-16,18H,3-6,8-12H2,1-2H3. The summed E-state index contributed by atoms with van der Waals surface area (Å²) in [6, 6.07) is 6.11. The van der Waals surface area contributed by atoms with Crippen molar-refractivity contribution in [1.82, 2.24) is 19.4 Å². The first-order valence-electron chi connectivity index (χ1n) is 11.2. The van der Waals surface area contributed by atoms with Crippen molar-refractivity contribution in [2.45, 2.75) is 64.1 Å². The molecule has 0 aromatic carbocycles. The van der Waals surface area contributed by atoms with Crippen LogP contribution in [0, 0.1) is 11.3 Å². The fraction of sp³-hybridized carbons (Fsp3) is 0.609. The van der Waals surface area contributed by atoms with Crippen molar-refractivity contribution in [2.75, 3.05) is 26.2 Å². The number of fused-ring (bicyclic) bond motifs is 1. The van der Waals surface area contributed by atoms with Crippen molar-refractivity contribution in [2.24, 2.45) is 0 Å². The van der Waals surface area contributed by atoms with Crippen molar-refractivity contribution >= 4 is 16.9 Å². The summed E-state index contributed by atoms with van der Waals surface area (Å²) < 4.78 is 34.7. The molecule has 4 rings (SSSR count). The Morgan fingerprint density at radius 2 is 1.94 bits per heavy atom. The number of alkyl halides is 2. The Balaban J connectivity index is 1.53. The second-order valence-electron chi connectivity index (χ2n) is 8.95. The van der Waals surface area contributed by atoms with E-state index in [4.69, 9.17) is 4.74 Å². The van der Waals surface area contributed by atoms with Crippen molar-refractivity contribution in [3.63, 3.8) is 0 Å². The lowest BCUT2D eigenvalue weighted by molar-refractivity contribution is -0.0495. The molecule has 2 saturated heterocycles. The highest BCUT2D eigenvalue weighted by atomic mass is 19.3. The van der Waals surface area contributed by atoms with Gasteiger partial charge in [-0.05, 0) is 38.8 Å². The summed E-state index contributed by atoms with van der Waals surface area (Å²) in [7, 11) is 0. The zero-order chi connectivity index (χ0) is 22.9. The Hall–Kier alpha value is -2.73. The largest absolute Gasteiger partial charge is 0.489 e. The van der Waals surface area contributed by atoms with Crippen molar-refractivity contribution < 1.29 is 18.3 Å². The number of carbonyl (C=O) groups excluding carboxylic acids is 1. The lowest BCUT2D eigenvalue weighted by Gasteiger charge is -2.34. The Labute approximate surface area is 186 Å². The third-order valence-electron chi connectivity index (χ3n) is 6.45. The van der Waals surface area contributed by atoms with Crippen LogP contribution in [0.25, 0.3) is 11.0 Å². The molecule has 0 N–H and O–H groups in total. The van der Waals surface area contributed by atoms with Gasteiger partial charge in [0.2, 0.25) is 0 Å². The molecular formula is C23H29F2N5O2. The van der Waals surface area contributed by atoms with Crippen molar-refractivity contribution in [3.05, 3.63) is 24.0 Å². The molecule has 0 unspecified atom stereocenters. The molecule has 0 aliphatic carbocycles. The molecule has 32 heavy (non-hydrogen) atoms. The fourth-order valence-corrected chi connectivity index (χ4v) is 4.50. The molecule has 0 saturated carbocycles. The normalized spacial score (nSPS) is 19.9. The number of likely N-dealkylation sites (tertiary alicyclic amines) is 2. The van der Waals surface area contributed by atoms with E-state index in [1.54, 1.807) is 16.8 Å². The van der Waals surface area contributed by atoms with E-state index < -0.39 is 5.92 Å². The fourth-order valence-electron chi connectivity index (χ4n) is 4.50. The lowest BCUT2D eigenvalue weighted by Crippen LogP contribution is -2.43. The molecule has 172 valence electrons. The Morgan fingerprint density at radius 1 is 1.25 bits per heavy atom. The van der Waals surface area contributed by atoms with Crippen LogP contribution in [-0.4, -0.2) is 69.5 Å². The quantitative estimate of drug-likeness (QED) is 0.702. The van der Waals surface area contributed by atoms with E-state index in [1.807, 2.05) is 6.07 Å². The van der Waals surface area contributed by atoms with Crippen LogP contribution in [0.15, 0.2) is 18.3 Å². The summed E-state index contributed by atoms with van der Waals surface area (Å²) in [5, 5.41) is 9.96. The second-order valence-corrected chi connectivity index (χ2v) is 8.95. The van der Waals surface area contributed by atoms with Gasteiger partial charge in [0, 0.05) is 50.4 Å². The molecule has 1 amide bonds. The maximum Gasteiger partial charge on any atom is 0.270 e. The van der Waals surface area contributed by atoms with Gasteiger partial charge >= 0.3 is 0 Å². The Morgan fingerprint density at radius 3 is 2.56 bits per heavy atom. The summed E-state index contributed by atoms with van der Waals surface area (Å²) in [4.78, 5) is 21.4. The van der Waals surface area contributed by atoms with Crippen LogP contribution in [-0.2, 0) is 6.54 Å². The number of piperidine rings is 2. The number of aromatic nitrogens is 2. The molecule has 2 fully saturated rings. The summed E-state index contributed by atoms with van der Waals surface area (Å²) in [5.74, 6) is -2.45. The van der Waals surface area contributed by atoms with Crippen molar-refractivity contribution in [3.8, 4) is 11.8 Å². The minimum Gasteiger partial charge on any atom is -0.489 e. The van der Waals surface area contributed by atoms with E-state index in [0.29, 0.717) is 28.5 Å². The number of amides is 1. The highest BCUT2D eigenvalue weighted by Crippen LogP contribution is 2.30. The minimum atomic E-state index is -2.73. The molecule has 2 aliphatic heterocycles. The topological polar surface area (TPSA) is 74.4 Å². The van der Waals surface area contributed by atoms with E-state index in [-0.39, 0.29) is 44.5 Å². The van der Waals surface area contributed by atoms with Crippen LogP contribution < -0.4 is 4.74 Å². The zero-order valence-corrected chi connectivity index (χ0v) is 18.6. The average molecular weight is 446 g/mol. The molecule has 0 radical (unpaired) electrons. The number of hydrogen-bond acceptors (Lipinski definition) is 5. The number of ether oxygens (including phenoxy) is 1. The number of nitriles is 1. The third-order valence-corrected chi connectivity index (χ3v) is 6.45. The number of nitrogens with zero attached hydrogens (tertiary/aromatic N) is 5. The van der Waals surface area contributed by atoms with Gasteiger partial charge in [-0.25, -0.2) is 13.8 Å². The van der Waals surface area contributed by atoms with Gasteiger partial charge in [0.25, 0.3) is 11.8 Å². The van der Waals surface area contributed by atoms with E-state index in [9.17, 15) is 18.8 Å². The molecule has 2 aromatic rings. The molecule has 7 nitrogen and oxygen atoms in total. The molecule has 0 bridgehead atoms. The van der Waals surface area contributed by atoms with Crippen LogP contribution >= 0.6 is 0 Å². The second kappa shape index (κ2) is 9.02. The van der Waals surface area contributed by atoms with Crippen LogP contribution in [0.5, 0.6) is 5.75 Å². The SMILES string of the molecule is CC(C)N1CCC(Oc2cnc3c(c2)cc(C(=O)N2CCC(F)(F)CC2)n3CC#N)CC1. The molecule has 2 aromatic heterocycles. The zero-order valence-electron chi connectivity index (χ0n) is 18.6. The van der Waals surface area contributed by atoms with Crippen LogP contribution in [0.1, 0.15) is 50.0 Å². The molecule has 0 spiro atoms. The van der Waals surface area contributed by atoms with Gasteiger partial charge in [-0.1, -0.05) is 0 Å². The van der Waals surface area contributed by atoms with Gasteiger partial charge in [0.05, 0.1) is 12.3 Å². The highest BCUT2D eigenvalue weighted by molar-refractivity contribution is 5.98. The van der Waals surface area contributed by atoms with E-state index in [2.05, 4.69) is 29.8 Å². The summed E-state index contributed by atoms with van der Waals surface area (Å²) in [5.41, 5.74) is 0.806. The molecule has 2 aliphatic rings. The first-order valence-corrected chi connectivity index (χ1v) is 11.2. The molecule has 9 heteroatoms. The van der Waals surface area contributed by atoms with Crippen LogP contribution in [0.4, 0.5) is 8.78 Å². The van der Waals surface area contributed by atoms with Crippen LogP contribution in [0.2, 0.25) is 0 Å². The van der Waals surface area contributed by atoms with Gasteiger partial charge in [-0.2, -0.15) is 5.26 Å². The number of rotatable bonds is 5. The number of pyridine rings is 1. The Bertz CT molecular complexity index is 1010. The van der Waals surface area contributed by atoms with E-state index in [1.165, 1.54) is 4.90 Å². The maximum absolute atomic E-state index is 13.5. The van der Waals surface area contributed by atoms with Gasteiger partial charge in [-0.15, -0.1) is 0 Å². The Kier molecular flexibility index (Phi) is 6.33. The maximum atomic E-state index is 13.5. The predicted molar refractivity (Wildman–Crippen MR) is 116 cm³/mol. The summed E-state index contributed by atoms with van der Waals surface area (Å²) in [6.45, 7) is 6.32. The van der Waals surface area contributed by atoms with Gasteiger partial charge in [-0.3, -0.25) is 4.79 Å². The number of halogens is 2. The van der Waals surface area contributed by atoms with Crippen LogP contribution in [0.3, 0.4) is 0 Å². The van der Waals surface area contributed by atoms with Crippen molar-refractivity contribution in [1.29, 1.82) is 5.26 Å². The molecule has 4 heterocycles.